The topological polar surface area (TPSA) is 115 Å². The van der Waals surface area contributed by atoms with E-state index < -0.39 is 32.9 Å². The van der Waals surface area contributed by atoms with E-state index in [4.69, 9.17) is 0 Å². The third kappa shape index (κ3) is 3.20. The Balaban J connectivity index is 2.34. The van der Waals surface area contributed by atoms with Gasteiger partial charge in [-0.05, 0) is 30.3 Å². The lowest BCUT2D eigenvalue weighted by atomic mass is 10.1. The van der Waals surface area contributed by atoms with Gasteiger partial charge >= 0.3 is 0 Å². The number of nitrogens with zero attached hydrogens (tertiary/aromatic N) is 2. The van der Waals surface area contributed by atoms with Crippen LogP contribution in [0.4, 0.5) is 21.5 Å². The molecule has 0 aliphatic carbocycles. The molecule has 0 aliphatic rings. The summed E-state index contributed by atoms with van der Waals surface area (Å²) in [5.41, 5.74) is -1.28. The predicted molar refractivity (Wildman–Crippen MR) is 74.1 cm³/mol. The second-order valence-corrected chi connectivity index (χ2v) is 4.18. The van der Waals surface area contributed by atoms with E-state index >= 15 is 0 Å². The molecule has 0 spiro atoms. The molecule has 0 heterocycles. The first kappa shape index (κ1) is 15.0. The number of benzene rings is 2. The molecule has 0 fully saturated rings. The summed E-state index contributed by atoms with van der Waals surface area (Å²) < 4.78 is 12.8. The molecule has 0 saturated carbocycles. The maximum Gasteiger partial charge on any atom is 0.289 e. The number of carbonyl (C=O) groups is 1. The van der Waals surface area contributed by atoms with Gasteiger partial charge < -0.3 is 5.32 Å². The van der Waals surface area contributed by atoms with Crippen LogP contribution in [0.2, 0.25) is 0 Å². The first-order valence-corrected chi connectivity index (χ1v) is 5.88. The molecule has 0 aromatic heterocycles. The van der Waals surface area contributed by atoms with Gasteiger partial charge in [0, 0.05) is 11.8 Å². The molecule has 2 rings (SSSR count). The maximum atomic E-state index is 12.8. The van der Waals surface area contributed by atoms with Gasteiger partial charge in [-0.15, -0.1) is 0 Å². The Morgan fingerprint density at radius 1 is 1.00 bits per heavy atom. The van der Waals surface area contributed by atoms with Crippen molar-refractivity contribution in [2.45, 2.75) is 0 Å². The summed E-state index contributed by atoms with van der Waals surface area (Å²) in [5, 5.41) is 23.9. The van der Waals surface area contributed by atoms with Gasteiger partial charge in [-0.25, -0.2) is 4.39 Å². The molecule has 0 unspecified atom stereocenters. The van der Waals surface area contributed by atoms with Crippen LogP contribution in [0.5, 0.6) is 0 Å². The molecule has 8 nitrogen and oxygen atoms in total. The van der Waals surface area contributed by atoms with Crippen LogP contribution in [-0.2, 0) is 0 Å². The normalized spacial score (nSPS) is 10.0. The number of nitrogens with one attached hydrogen (secondary N) is 1. The summed E-state index contributed by atoms with van der Waals surface area (Å²) in [6.07, 6.45) is 0. The highest BCUT2D eigenvalue weighted by Crippen LogP contribution is 2.25. The van der Waals surface area contributed by atoms with Crippen molar-refractivity contribution < 1.29 is 19.0 Å². The quantitative estimate of drug-likeness (QED) is 0.688. The lowest BCUT2D eigenvalue weighted by Crippen LogP contribution is -2.14. The molecule has 9 heteroatoms. The van der Waals surface area contributed by atoms with Crippen molar-refractivity contribution in [3.8, 4) is 0 Å². The van der Waals surface area contributed by atoms with Crippen molar-refractivity contribution in [2.24, 2.45) is 0 Å². The van der Waals surface area contributed by atoms with Crippen molar-refractivity contribution in [3.05, 3.63) is 74.1 Å². The number of hydrogen-bond acceptors (Lipinski definition) is 5. The number of nitro groups is 2. The average Bonchev–Trinajstić information content (AvgIpc) is 2.48. The number of amides is 1. The fourth-order valence-corrected chi connectivity index (χ4v) is 1.71. The Labute approximate surface area is 122 Å². The Morgan fingerprint density at radius 3 is 2.18 bits per heavy atom. The van der Waals surface area contributed by atoms with Crippen molar-refractivity contribution in [1.29, 1.82) is 0 Å². The number of non-ortho nitro benzene ring substituents is 1. The zero-order chi connectivity index (χ0) is 16.3. The van der Waals surface area contributed by atoms with E-state index in [2.05, 4.69) is 5.32 Å². The van der Waals surface area contributed by atoms with Gasteiger partial charge in [0.1, 0.15) is 11.4 Å². The number of anilines is 1. The van der Waals surface area contributed by atoms with Crippen molar-refractivity contribution in [2.75, 3.05) is 5.32 Å². The fourth-order valence-electron chi connectivity index (χ4n) is 1.71. The lowest BCUT2D eigenvalue weighted by Gasteiger charge is -2.05. The molecule has 2 aromatic carbocycles. The molecule has 0 saturated heterocycles. The molecule has 2 aromatic rings. The summed E-state index contributed by atoms with van der Waals surface area (Å²) in [4.78, 5) is 31.9. The van der Waals surface area contributed by atoms with Crippen LogP contribution in [0.3, 0.4) is 0 Å². The molecule has 1 N–H and O–H groups in total. The Morgan fingerprint density at radius 2 is 1.64 bits per heavy atom. The minimum absolute atomic E-state index is 0.235. The van der Waals surface area contributed by atoms with Gasteiger partial charge in [-0.3, -0.25) is 25.0 Å². The molecule has 0 bridgehead atoms. The van der Waals surface area contributed by atoms with Crippen LogP contribution in [-0.4, -0.2) is 15.8 Å². The average molecular weight is 305 g/mol. The van der Waals surface area contributed by atoms with Crippen molar-refractivity contribution >= 4 is 23.0 Å². The second kappa shape index (κ2) is 5.95. The molecule has 0 atom stereocenters. The van der Waals surface area contributed by atoms with Crippen LogP contribution >= 0.6 is 0 Å². The number of rotatable bonds is 4. The Hall–Kier alpha value is -3.36. The SMILES string of the molecule is O=C(Nc1ccc(F)cc1)c1ccc([N+](=O)[O-])cc1[N+](=O)[O-]. The van der Waals surface area contributed by atoms with Crippen LogP contribution in [0, 0.1) is 26.0 Å². The first-order valence-electron chi connectivity index (χ1n) is 5.88. The van der Waals surface area contributed by atoms with Gasteiger partial charge in [0.2, 0.25) is 0 Å². The van der Waals surface area contributed by atoms with E-state index in [9.17, 15) is 29.4 Å². The summed E-state index contributed by atoms with van der Waals surface area (Å²) in [7, 11) is 0. The number of nitro benzene ring substituents is 2. The minimum Gasteiger partial charge on any atom is -0.322 e. The Kier molecular flexibility index (Phi) is 4.07. The molecule has 1 amide bonds. The molecule has 0 radical (unpaired) electrons. The van der Waals surface area contributed by atoms with Gasteiger partial charge in [-0.2, -0.15) is 0 Å². The van der Waals surface area contributed by atoms with Gasteiger partial charge in [0.05, 0.1) is 15.9 Å². The molecular weight excluding hydrogens is 297 g/mol. The standard InChI is InChI=1S/C13H8FN3O5/c14-8-1-3-9(4-2-8)15-13(18)11-6-5-10(16(19)20)7-12(11)17(21)22/h1-7H,(H,15,18). The van der Waals surface area contributed by atoms with Crippen LogP contribution < -0.4 is 5.32 Å². The third-order valence-electron chi connectivity index (χ3n) is 2.74. The summed E-state index contributed by atoms with van der Waals surface area (Å²) >= 11 is 0. The zero-order valence-electron chi connectivity index (χ0n) is 10.9. The molecular formula is C13H8FN3O5. The first-order chi connectivity index (χ1) is 10.4. The number of halogens is 1. The predicted octanol–water partition coefficient (Wildman–Crippen LogP) is 2.89. The van der Waals surface area contributed by atoms with Crippen LogP contribution in [0.15, 0.2) is 42.5 Å². The summed E-state index contributed by atoms with van der Waals surface area (Å²) in [6.45, 7) is 0. The largest absolute Gasteiger partial charge is 0.322 e. The Bertz CT molecular complexity index is 761. The number of hydrogen-bond donors (Lipinski definition) is 1. The van der Waals surface area contributed by atoms with E-state index in [1.165, 1.54) is 12.1 Å². The lowest BCUT2D eigenvalue weighted by molar-refractivity contribution is -0.394. The van der Waals surface area contributed by atoms with Crippen molar-refractivity contribution in [3.63, 3.8) is 0 Å². The van der Waals surface area contributed by atoms with Gasteiger partial charge in [-0.1, -0.05) is 0 Å². The molecule has 22 heavy (non-hydrogen) atoms. The van der Waals surface area contributed by atoms with Crippen LogP contribution in [0.1, 0.15) is 10.4 Å². The fraction of sp³-hybridized carbons (Fsp3) is 0. The highest BCUT2D eigenvalue weighted by Gasteiger charge is 2.24. The van der Waals surface area contributed by atoms with Gasteiger partial charge in [0.15, 0.2) is 0 Å². The van der Waals surface area contributed by atoms with Crippen LogP contribution in [0.25, 0.3) is 0 Å². The smallest absolute Gasteiger partial charge is 0.289 e. The highest BCUT2D eigenvalue weighted by molar-refractivity contribution is 6.07. The number of carbonyl (C=O) groups excluding carboxylic acids is 1. The van der Waals surface area contributed by atoms with E-state index in [1.54, 1.807) is 0 Å². The van der Waals surface area contributed by atoms with E-state index in [1.807, 2.05) is 0 Å². The summed E-state index contributed by atoms with van der Waals surface area (Å²) in [6, 6.07) is 7.48. The molecule has 0 aliphatic heterocycles. The monoisotopic (exact) mass is 305 g/mol. The highest BCUT2D eigenvalue weighted by atomic mass is 19.1. The van der Waals surface area contributed by atoms with Gasteiger partial charge in [0.25, 0.3) is 17.3 Å². The minimum atomic E-state index is -0.882. The molecule has 112 valence electrons. The van der Waals surface area contributed by atoms with E-state index in [0.29, 0.717) is 6.07 Å². The summed E-state index contributed by atoms with van der Waals surface area (Å²) in [5.74, 6) is -1.33. The second-order valence-electron chi connectivity index (χ2n) is 4.18. The van der Waals surface area contributed by atoms with Crippen molar-refractivity contribution in [1.82, 2.24) is 0 Å². The van der Waals surface area contributed by atoms with E-state index in [0.717, 1.165) is 24.3 Å². The van der Waals surface area contributed by atoms with E-state index in [-0.39, 0.29) is 11.3 Å². The maximum absolute atomic E-state index is 12.8. The third-order valence-corrected chi connectivity index (χ3v) is 2.74. The zero-order valence-corrected chi connectivity index (χ0v) is 10.9.